The molecule has 19 heavy (non-hydrogen) atoms. The van der Waals surface area contributed by atoms with Crippen LogP contribution in [0.3, 0.4) is 0 Å². The zero-order valence-corrected chi connectivity index (χ0v) is 14.2. The summed E-state index contributed by atoms with van der Waals surface area (Å²) in [7, 11) is 0. The van der Waals surface area contributed by atoms with Crippen LogP contribution in [0.1, 0.15) is 15.8 Å². The first-order valence-electron chi connectivity index (χ1n) is 5.29. The molecule has 100 valence electrons. The Morgan fingerprint density at radius 1 is 1.32 bits per heavy atom. The molecule has 0 bridgehead atoms. The van der Waals surface area contributed by atoms with Gasteiger partial charge in [-0.25, -0.2) is 0 Å². The number of nitro benzene ring substituents is 1. The van der Waals surface area contributed by atoms with Crippen molar-refractivity contribution in [2.24, 2.45) is 0 Å². The average molecular weight is 426 g/mol. The van der Waals surface area contributed by atoms with E-state index in [0.29, 0.717) is 6.42 Å². The van der Waals surface area contributed by atoms with E-state index >= 15 is 0 Å². The minimum atomic E-state index is -0.407. The second-order valence-corrected chi connectivity index (χ2v) is 7.65. The molecule has 2 rings (SSSR count). The number of nitro groups is 1. The smallest absolute Gasteiger partial charge is 0.258 e. The quantitative estimate of drug-likeness (QED) is 0.358. The number of hydrogen-bond donors (Lipinski definition) is 0. The average Bonchev–Trinajstić information content (AvgIpc) is 2.70. The predicted molar refractivity (Wildman–Crippen MR) is 85.1 cm³/mol. The number of rotatable bonds is 4. The van der Waals surface area contributed by atoms with Crippen LogP contribution in [0.25, 0.3) is 0 Å². The molecule has 1 heterocycles. The van der Waals surface area contributed by atoms with Crippen LogP contribution in [0.2, 0.25) is 0 Å². The molecule has 0 N–H and O–H groups in total. The molecule has 0 saturated carbocycles. The van der Waals surface area contributed by atoms with Gasteiger partial charge in [-0.05, 0) is 49.9 Å². The molecule has 2 aromatic rings. The van der Waals surface area contributed by atoms with Crippen molar-refractivity contribution in [1.82, 2.24) is 0 Å². The lowest BCUT2D eigenvalue weighted by molar-refractivity contribution is -0.384. The van der Waals surface area contributed by atoms with E-state index in [1.807, 2.05) is 6.07 Å². The van der Waals surface area contributed by atoms with Crippen molar-refractivity contribution in [3.63, 3.8) is 0 Å². The molecule has 0 aliphatic heterocycles. The fraction of sp³-hybridized carbons (Fsp3) is 0.167. The summed E-state index contributed by atoms with van der Waals surface area (Å²) >= 11 is 14.8. The fourth-order valence-electron chi connectivity index (χ4n) is 1.58. The third-order valence-electron chi connectivity index (χ3n) is 2.54. The van der Waals surface area contributed by atoms with Gasteiger partial charge in [0.05, 0.1) is 14.1 Å². The Bertz CT molecular complexity index is 581. The molecule has 7 heteroatoms. The van der Waals surface area contributed by atoms with Crippen molar-refractivity contribution in [2.75, 3.05) is 0 Å². The van der Waals surface area contributed by atoms with Crippen molar-refractivity contribution in [3.8, 4) is 0 Å². The Morgan fingerprint density at radius 3 is 2.42 bits per heavy atom. The predicted octanol–water partition coefficient (Wildman–Crippen LogP) is 5.70. The number of thiophene rings is 1. The highest BCUT2D eigenvalue weighted by molar-refractivity contribution is 9.13. The van der Waals surface area contributed by atoms with Gasteiger partial charge >= 0.3 is 0 Å². The zero-order valence-electron chi connectivity index (χ0n) is 9.48. The number of hydrogen-bond acceptors (Lipinski definition) is 3. The summed E-state index contributed by atoms with van der Waals surface area (Å²) in [4.78, 5) is 11.2. The summed E-state index contributed by atoms with van der Waals surface area (Å²) in [5, 5.41) is 10.4. The number of halogens is 3. The van der Waals surface area contributed by atoms with Crippen LogP contribution in [-0.4, -0.2) is 4.92 Å². The Kier molecular flexibility index (Phi) is 5.00. The lowest BCUT2D eigenvalue weighted by Crippen LogP contribution is -1.94. The summed E-state index contributed by atoms with van der Waals surface area (Å²) in [6.45, 7) is 0. The molecular weight excluding hydrogens is 417 g/mol. The Hall–Kier alpha value is -0.430. The number of alkyl halides is 1. The van der Waals surface area contributed by atoms with Crippen molar-refractivity contribution < 1.29 is 4.92 Å². The highest BCUT2D eigenvalue weighted by Gasteiger charge is 2.14. The van der Waals surface area contributed by atoms with Crippen molar-refractivity contribution in [1.29, 1.82) is 0 Å². The van der Waals surface area contributed by atoms with E-state index in [2.05, 4.69) is 31.9 Å². The monoisotopic (exact) mass is 423 g/mol. The van der Waals surface area contributed by atoms with Crippen LogP contribution >= 0.6 is 54.8 Å². The van der Waals surface area contributed by atoms with E-state index in [1.54, 1.807) is 23.5 Å². The van der Waals surface area contributed by atoms with Gasteiger partial charge in [-0.2, -0.15) is 0 Å². The minimum absolute atomic E-state index is 0.0940. The van der Waals surface area contributed by atoms with Crippen LogP contribution in [0.4, 0.5) is 5.69 Å². The van der Waals surface area contributed by atoms with Gasteiger partial charge in [-0.15, -0.1) is 22.9 Å². The second kappa shape index (κ2) is 6.35. The number of nitrogens with zero attached hydrogens (tertiary/aromatic N) is 1. The second-order valence-electron chi connectivity index (χ2n) is 3.87. The molecule has 0 radical (unpaired) electrons. The topological polar surface area (TPSA) is 43.1 Å². The lowest BCUT2D eigenvalue weighted by atomic mass is 10.1. The highest BCUT2D eigenvalue weighted by Crippen LogP contribution is 2.38. The highest BCUT2D eigenvalue weighted by atomic mass is 79.9. The van der Waals surface area contributed by atoms with Crippen LogP contribution in [0.5, 0.6) is 0 Å². The lowest BCUT2D eigenvalue weighted by Gasteiger charge is -2.06. The van der Waals surface area contributed by atoms with Crippen LogP contribution in [-0.2, 0) is 6.42 Å². The Morgan fingerprint density at radius 2 is 1.95 bits per heavy atom. The zero-order chi connectivity index (χ0) is 14.0. The first-order chi connectivity index (χ1) is 8.97. The number of non-ortho nitro benzene ring substituents is 1. The Labute approximate surface area is 136 Å². The van der Waals surface area contributed by atoms with Gasteiger partial charge < -0.3 is 0 Å². The molecule has 0 spiro atoms. The molecule has 3 nitrogen and oxygen atoms in total. The van der Waals surface area contributed by atoms with Gasteiger partial charge in [-0.1, -0.05) is 12.1 Å². The molecular formula is C12H8Br2ClNO2S. The van der Waals surface area contributed by atoms with E-state index in [-0.39, 0.29) is 11.1 Å². The molecule has 1 aromatic carbocycles. The van der Waals surface area contributed by atoms with Gasteiger partial charge in [0.1, 0.15) is 0 Å². The molecule has 0 aliphatic carbocycles. The van der Waals surface area contributed by atoms with Gasteiger partial charge in [0.15, 0.2) is 0 Å². The fourth-order valence-corrected chi connectivity index (χ4v) is 4.02. The van der Waals surface area contributed by atoms with E-state index in [0.717, 1.165) is 18.7 Å². The van der Waals surface area contributed by atoms with Crippen LogP contribution < -0.4 is 0 Å². The summed E-state index contributed by atoms with van der Waals surface area (Å²) in [6.07, 6.45) is 0.638. The van der Waals surface area contributed by atoms with Gasteiger partial charge in [0.25, 0.3) is 5.69 Å². The normalized spacial score (nSPS) is 12.4. The summed E-state index contributed by atoms with van der Waals surface area (Å²) < 4.78 is 2.00. The number of benzene rings is 1. The first-order valence-corrected chi connectivity index (χ1v) is 8.13. The van der Waals surface area contributed by atoms with Crippen molar-refractivity contribution >= 4 is 60.5 Å². The molecule has 0 fully saturated rings. The maximum Gasteiger partial charge on any atom is 0.269 e. The molecule has 1 aromatic heterocycles. The largest absolute Gasteiger partial charge is 0.269 e. The van der Waals surface area contributed by atoms with Crippen molar-refractivity contribution in [2.45, 2.75) is 11.8 Å². The van der Waals surface area contributed by atoms with E-state index in [1.165, 1.54) is 12.1 Å². The third kappa shape index (κ3) is 3.78. The first kappa shape index (κ1) is 15.0. The standard InChI is InChI=1S/C12H8Br2ClNO2S/c13-9-6-11(19-12(9)14)10(15)5-7-1-3-8(4-2-7)16(17)18/h1-4,6,10H,5H2. The van der Waals surface area contributed by atoms with Gasteiger partial charge in [0.2, 0.25) is 0 Å². The summed E-state index contributed by atoms with van der Waals surface area (Å²) in [6, 6.07) is 8.46. The van der Waals surface area contributed by atoms with Gasteiger partial charge in [0, 0.05) is 21.5 Å². The maximum absolute atomic E-state index is 10.6. The van der Waals surface area contributed by atoms with E-state index < -0.39 is 4.92 Å². The minimum Gasteiger partial charge on any atom is -0.258 e. The molecule has 1 atom stereocenters. The SMILES string of the molecule is O=[N+]([O-])c1ccc(CC(Cl)c2cc(Br)c(Br)s2)cc1. The maximum atomic E-state index is 10.6. The van der Waals surface area contributed by atoms with E-state index in [4.69, 9.17) is 11.6 Å². The Balaban J connectivity index is 2.10. The summed E-state index contributed by atoms with van der Waals surface area (Å²) in [5.41, 5.74) is 1.07. The van der Waals surface area contributed by atoms with Crippen LogP contribution in [0.15, 0.2) is 38.6 Å². The van der Waals surface area contributed by atoms with E-state index in [9.17, 15) is 10.1 Å². The van der Waals surface area contributed by atoms with Crippen molar-refractivity contribution in [3.05, 3.63) is 59.1 Å². The third-order valence-corrected chi connectivity index (χ3v) is 6.42. The molecule has 0 amide bonds. The van der Waals surface area contributed by atoms with Crippen LogP contribution in [0, 0.1) is 10.1 Å². The molecule has 0 aliphatic rings. The molecule has 1 unspecified atom stereocenters. The molecule has 0 saturated heterocycles. The summed E-state index contributed by atoms with van der Waals surface area (Å²) in [5.74, 6) is 0. The van der Waals surface area contributed by atoms with Gasteiger partial charge in [-0.3, -0.25) is 10.1 Å².